The van der Waals surface area contributed by atoms with Crippen molar-refractivity contribution in [2.24, 2.45) is 5.92 Å². The van der Waals surface area contributed by atoms with E-state index >= 15 is 0 Å². The molecular formula is C29H27ClN6O2. The molecule has 1 fully saturated rings. The number of aromatic nitrogens is 2. The van der Waals surface area contributed by atoms with Crippen molar-refractivity contribution in [3.8, 4) is 0 Å². The van der Waals surface area contributed by atoms with Crippen LogP contribution in [-0.4, -0.2) is 28.3 Å². The Kier molecular flexibility index (Phi) is 7.24. The van der Waals surface area contributed by atoms with Crippen molar-refractivity contribution in [1.29, 1.82) is 0 Å². The van der Waals surface area contributed by atoms with Crippen LogP contribution in [-0.2, 0) is 9.59 Å². The highest BCUT2D eigenvalue weighted by Crippen LogP contribution is 2.28. The first-order valence-corrected chi connectivity index (χ1v) is 12.6. The standard InChI is InChI=1S/C29H27ClN6O2/c1-18-3-7-22(8-4-18)33-26-16-27(32-19(2)31-26)34-23-9-11-24(12-10-23)35-29(38)20-15-28(37)36(17-20)25-13-5-21(30)6-14-25/h3-14,16,20H,15,17H2,1-2H3,(H,35,38)(H2,31,32,33,34). The molecule has 192 valence electrons. The molecule has 1 aromatic heterocycles. The fourth-order valence-electron chi connectivity index (χ4n) is 4.26. The van der Waals surface area contributed by atoms with Gasteiger partial charge in [-0.1, -0.05) is 29.3 Å². The van der Waals surface area contributed by atoms with E-state index in [2.05, 4.69) is 25.9 Å². The van der Waals surface area contributed by atoms with Crippen molar-refractivity contribution in [3.63, 3.8) is 0 Å². The molecule has 0 aliphatic carbocycles. The lowest BCUT2D eigenvalue weighted by molar-refractivity contribution is -0.122. The van der Waals surface area contributed by atoms with Crippen LogP contribution in [0.5, 0.6) is 0 Å². The highest BCUT2D eigenvalue weighted by atomic mass is 35.5. The van der Waals surface area contributed by atoms with Gasteiger partial charge in [-0.05, 0) is 74.5 Å². The van der Waals surface area contributed by atoms with Gasteiger partial charge in [-0.25, -0.2) is 9.97 Å². The Hall–Kier alpha value is -4.43. The van der Waals surface area contributed by atoms with E-state index in [4.69, 9.17) is 11.6 Å². The summed E-state index contributed by atoms with van der Waals surface area (Å²) in [6.45, 7) is 4.22. The number of hydrogen-bond donors (Lipinski definition) is 3. The second-order valence-corrected chi connectivity index (χ2v) is 9.69. The molecule has 1 saturated heterocycles. The fraction of sp³-hybridized carbons (Fsp3) is 0.172. The minimum absolute atomic E-state index is 0.0802. The number of carbonyl (C=O) groups excluding carboxylic acids is 2. The number of anilines is 6. The van der Waals surface area contributed by atoms with Crippen LogP contribution in [0.4, 0.5) is 34.4 Å². The van der Waals surface area contributed by atoms with Crippen LogP contribution in [0.1, 0.15) is 17.8 Å². The first-order chi connectivity index (χ1) is 18.3. The minimum Gasteiger partial charge on any atom is -0.340 e. The molecule has 2 heterocycles. The van der Waals surface area contributed by atoms with Crippen molar-refractivity contribution < 1.29 is 9.59 Å². The van der Waals surface area contributed by atoms with Crippen molar-refractivity contribution in [1.82, 2.24) is 9.97 Å². The summed E-state index contributed by atoms with van der Waals surface area (Å²) in [4.78, 5) is 35.9. The Morgan fingerprint density at radius 3 is 2.00 bits per heavy atom. The Bertz CT molecular complexity index is 1460. The zero-order valence-corrected chi connectivity index (χ0v) is 21.8. The summed E-state index contributed by atoms with van der Waals surface area (Å²) >= 11 is 5.95. The summed E-state index contributed by atoms with van der Waals surface area (Å²) < 4.78 is 0. The Balaban J connectivity index is 1.20. The predicted molar refractivity (Wildman–Crippen MR) is 151 cm³/mol. The number of halogens is 1. The van der Waals surface area contributed by atoms with Gasteiger partial charge in [0.25, 0.3) is 0 Å². The molecule has 5 rings (SSSR count). The number of nitrogens with zero attached hydrogens (tertiary/aromatic N) is 3. The Labute approximate surface area is 226 Å². The molecule has 0 spiro atoms. The number of rotatable bonds is 7. The molecule has 0 saturated carbocycles. The van der Waals surface area contributed by atoms with Gasteiger partial charge in [0.1, 0.15) is 17.5 Å². The molecule has 2 amide bonds. The topological polar surface area (TPSA) is 99.2 Å². The number of nitrogens with one attached hydrogen (secondary N) is 3. The lowest BCUT2D eigenvalue weighted by Gasteiger charge is -2.17. The maximum Gasteiger partial charge on any atom is 0.229 e. The van der Waals surface area contributed by atoms with Crippen LogP contribution in [0.2, 0.25) is 5.02 Å². The molecule has 8 nitrogen and oxygen atoms in total. The maximum atomic E-state index is 12.9. The molecule has 4 aromatic rings. The molecule has 9 heteroatoms. The summed E-state index contributed by atoms with van der Waals surface area (Å²) in [5.41, 5.74) is 4.33. The van der Waals surface area contributed by atoms with Crippen LogP contribution < -0.4 is 20.9 Å². The molecule has 1 aliphatic rings. The molecule has 1 unspecified atom stereocenters. The van der Waals surface area contributed by atoms with Gasteiger partial charge < -0.3 is 20.9 Å². The predicted octanol–water partition coefficient (Wildman–Crippen LogP) is 6.23. The first-order valence-electron chi connectivity index (χ1n) is 12.3. The van der Waals surface area contributed by atoms with Crippen LogP contribution in [0.25, 0.3) is 0 Å². The van der Waals surface area contributed by atoms with E-state index in [0.29, 0.717) is 34.7 Å². The number of carbonyl (C=O) groups is 2. The van der Waals surface area contributed by atoms with Crippen LogP contribution in [0, 0.1) is 19.8 Å². The van der Waals surface area contributed by atoms with E-state index in [1.807, 2.05) is 68.4 Å². The van der Waals surface area contributed by atoms with Gasteiger partial charge in [0.15, 0.2) is 0 Å². The van der Waals surface area contributed by atoms with Gasteiger partial charge in [0.05, 0.1) is 5.92 Å². The molecule has 38 heavy (non-hydrogen) atoms. The molecule has 1 aliphatic heterocycles. The maximum absolute atomic E-state index is 12.9. The Morgan fingerprint density at radius 1 is 0.842 bits per heavy atom. The lowest BCUT2D eigenvalue weighted by atomic mass is 10.1. The van der Waals surface area contributed by atoms with Gasteiger partial charge in [0.2, 0.25) is 11.8 Å². The summed E-state index contributed by atoms with van der Waals surface area (Å²) in [5.74, 6) is 1.27. The van der Waals surface area contributed by atoms with Crippen LogP contribution in [0.3, 0.4) is 0 Å². The average Bonchev–Trinajstić information content (AvgIpc) is 3.28. The quantitative estimate of drug-likeness (QED) is 0.264. The molecule has 3 N–H and O–H groups in total. The van der Waals surface area contributed by atoms with Gasteiger partial charge in [-0.3, -0.25) is 9.59 Å². The molecule has 3 aromatic carbocycles. The van der Waals surface area contributed by atoms with Gasteiger partial charge >= 0.3 is 0 Å². The Morgan fingerprint density at radius 2 is 1.39 bits per heavy atom. The van der Waals surface area contributed by atoms with E-state index < -0.39 is 5.92 Å². The largest absolute Gasteiger partial charge is 0.340 e. The lowest BCUT2D eigenvalue weighted by Crippen LogP contribution is -2.28. The van der Waals surface area contributed by atoms with Crippen LogP contribution in [0.15, 0.2) is 78.9 Å². The molecule has 0 radical (unpaired) electrons. The monoisotopic (exact) mass is 526 g/mol. The minimum atomic E-state index is -0.431. The number of aryl methyl sites for hydroxylation is 2. The van der Waals surface area contributed by atoms with E-state index in [1.165, 1.54) is 5.56 Å². The normalized spacial score (nSPS) is 14.9. The van der Waals surface area contributed by atoms with E-state index in [0.717, 1.165) is 17.1 Å². The van der Waals surface area contributed by atoms with E-state index in [-0.39, 0.29) is 18.2 Å². The van der Waals surface area contributed by atoms with Gasteiger partial charge in [-0.2, -0.15) is 0 Å². The summed E-state index contributed by atoms with van der Waals surface area (Å²) in [7, 11) is 0. The highest BCUT2D eigenvalue weighted by molar-refractivity contribution is 6.30. The first kappa shape index (κ1) is 25.2. The van der Waals surface area contributed by atoms with E-state index in [1.54, 1.807) is 29.2 Å². The van der Waals surface area contributed by atoms with Gasteiger partial charge in [0, 0.05) is 46.8 Å². The molecule has 1 atom stereocenters. The SMILES string of the molecule is Cc1ccc(Nc2cc(Nc3ccc(NC(=O)C4CC(=O)N(c5ccc(Cl)cc5)C4)cc3)nc(C)n2)cc1. The zero-order chi connectivity index (χ0) is 26.6. The molecular weight excluding hydrogens is 500 g/mol. The highest BCUT2D eigenvalue weighted by Gasteiger charge is 2.35. The summed E-state index contributed by atoms with van der Waals surface area (Å²) in [5, 5.41) is 10.1. The third-order valence-electron chi connectivity index (χ3n) is 6.22. The third-order valence-corrected chi connectivity index (χ3v) is 6.47. The average molecular weight is 527 g/mol. The van der Waals surface area contributed by atoms with Gasteiger partial charge in [-0.15, -0.1) is 0 Å². The zero-order valence-electron chi connectivity index (χ0n) is 21.0. The van der Waals surface area contributed by atoms with Crippen molar-refractivity contribution in [3.05, 3.63) is 95.3 Å². The second kappa shape index (κ2) is 10.9. The van der Waals surface area contributed by atoms with Crippen molar-refractivity contribution in [2.45, 2.75) is 20.3 Å². The number of hydrogen-bond acceptors (Lipinski definition) is 6. The molecule has 0 bridgehead atoms. The summed E-state index contributed by atoms with van der Waals surface area (Å²) in [6, 6.07) is 24.3. The third kappa shape index (κ3) is 6.10. The van der Waals surface area contributed by atoms with Crippen LogP contribution >= 0.6 is 11.6 Å². The number of amides is 2. The smallest absolute Gasteiger partial charge is 0.229 e. The van der Waals surface area contributed by atoms with Crippen molar-refractivity contribution in [2.75, 3.05) is 27.4 Å². The van der Waals surface area contributed by atoms with E-state index in [9.17, 15) is 9.59 Å². The number of benzene rings is 3. The second-order valence-electron chi connectivity index (χ2n) is 9.25. The van der Waals surface area contributed by atoms with Crippen molar-refractivity contribution >= 4 is 57.8 Å². The summed E-state index contributed by atoms with van der Waals surface area (Å²) in [6.07, 6.45) is 0.167. The fourth-order valence-corrected chi connectivity index (χ4v) is 4.39.